The minimum Gasteiger partial charge on any atom is -0.453 e. The molecular weight excluding hydrogens is 454 g/mol. The van der Waals surface area contributed by atoms with Crippen LogP contribution in [0.1, 0.15) is 50.5 Å². The van der Waals surface area contributed by atoms with E-state index in [9.17, 15) is 9.59 Å². The largest absolute Gasteiger partial charge is 0.453 e. The molecule has 0 radical (unpaired) electrons. The number of para-hydroxylation sites is 1. The van der Waals surface area contributed by atoms with Crippen LogP contribution in [0.4, 0.5) is 16.2 Å². The van der Waals surface area contributed by atoms with E-state index in [0.717, 1.165) is 41.3 Å². The fourth-order valence-electron chi connectivity index (χ4n) is 4.25. The summed E-state index contributed by atoms with van der Waals surface area (Å²) in [5, 5.41) is 2.46. The Morgan fingerprint density at radius 2 is 1.92 bits per heavy atom. The molecule has 0 spiro atoms. The van der Waals surface area contributed by atoms with E-state index in [0.29, 0.717) is 6.54 Å². The number of benzene rings is 2. The molecule has 2 aromatic carbocycles. The molecule has 1 aliphatic heterocycles. The van der Waals surface area contributed by atoms with Crippen LogP contribution in [0.3, 0.4) is 0 Å². The molecule has 0 saturated carbocycles. The monoisotopic (exact) mass is 491 g/mol. The number of likely N-dealkylation sites (tertiary alicyclic amines) is 1. The van der Waals surface area contributed by atoms with Crippen LogP contribution >= 0.6 is 0 Å². The number of carbonyl (C=O) groups is 2. The first-order valence-corrected chi connectivity index (χ1v) is 12.5. The molecular formula is C28H37N5O3. The first-order chi connectivity index (χ1) is 17.4. The molecule has 2 heterocycles. The molecule has 2 amide bonds. The zero-order valence-corrected chi connectivity index (χ0v) is 21.9. The summed E-state index contributed by atoms with van der Waals surface area (Å²) in [6, 6.07) is 16.4. The van der Waals surface area contributed by atoms with E-state index in [1.165, 1.54) is 19.1 Å². The topological polar surface area (TPSA) is 90.6 Å². The predicted octanol–water partition coefficient (Wildman–Crippen LogP) is 5.59. The number of alkyl carbamates (subject to hydrolysis) is 1. The van der Waals surface area contributed by atoms with Gasteiger partial charge in [0.15, 0.2) is 0 Å². The van der Waals surface area contributed by atoms with E-state index in [-0.39, 0.29) is 18.5 Å². The number of hydrogen-bond acceptors (Lipinski definition) is 5. The Morgan fingerprint density at radius 3 is 2.61 bits per heavy atom. The van der Waals surface area contributed by atoms with Gasteiger partial charge in [-0.2, -0.15) is 0 Å². The second-order valence-corrected chi connectivity index (χ2v) is 8.88. The number of ether oxygens (including phenoxy) is 1. The maximum Gasteiger partial charge on any atom is 0.407 e. The molecule has 1 fully saturated rings. The summed E-state index contributed by atoms with van der Waals surface area (Å²) in [7, 11) is 3.33. The first-order valence-electron chi connectivity index (χ1n) is 12.5. The molecule has 1 atom stereocenters. The van der Waals surface area contributed by atoms with E-state index in [2.05, 4.69) is 83.1 Å². The molecule has 8 heteroatoms. The number of aromatic nitrogens is 2. The molecule has 1 aliphatic rings. The van der Waals surface area contributed by atoms with Crippen molar-refractivity contribution in [3.63, 3.8) is 0 Å². The second kappa shape index (κ2) is 12.8. The number of amides is 2. The molecule has 0 aliphatic carbocycles. The van der Waals surface area contributed by atoms with Gasteiger partial charge >= 0.3 is 6.09 Å². The number of methoxy groups -OCH3 is 1. The van der Waals surface area contributed by atoms with Crippen molar-refractivity contribution < 1.29 is 14.3 Å². The molecule has 4 rings (SSSR count). The van der Waals surface area contributed by atoms with Gasteiger partial charge in [0.1, 0.15) is 12.4 Å². The van der Waals surface area contributed by atoms with Gasteiger partial charge in [-0.05, 0) is 43.5 Å². The van der Waals surface area contributed by atoms with E-state index < -0.39 is 6.09 Å². The quantitative estimate of drug-likeness (QED) is 0.469. The van der Waals surface area contributed by atoms with Crippen molar-refractivity contribution in [3.05, 3.63) is 66.1 Å². The van der Waals surface area contributed by atoms with Gasteiger partial charge in [0.2, 0.25) is 5.91 Å². The summed E-state index contributed by atoms with van der Waals surface area (Å²) < 4.78 is 4.55. The molecule has 1 saturated heterocycles. The summed E-state index contributed by atoms with van der Waals surface area (Å²) >= 11 is 0. The Bertz CT molecular complexity index is 1150. The summed E-state index contributed by atoms with van der Waals surface area (Å²) in [5.41, 5.74) is 5.33. The number of aryl methyl sites for hydroxylation is 1. The Morgan fingerprint density at radius 1 is 1.19 bits per heavy atom. The Kier molecular flexibility index (Phi) is 9.50. The van der Waals surface area contributed by atoms with Crippen molar-refractivity contribution >= 4 is 23.4 Å². The molecule has 0 unspecified atom stereocenters. The van der Waals surface area contributed by atoms with Crippen molar-refractivity contribution in [1.82, 2.24) is 20.2 Å². The van der Waals surface area contributed by atoms with Gasteiger partial charge < -0.3 is 24.8 Å². The third kappa shape index (κ3) is 6.44. The minimum absolute atomic E-state index is 0.0934. The van der Waals surface area contributed by atoms with Gasteiger partial charge in [0, 0.05) is 30.5 Å². The van der Waals surface area contributed by atoms with Gasteiger partial charge in [-0.15, -0.1) is 0 Å². The number of hydrogen-bond donors (Lipinski definition) is 2. The van der Waals surface area contributed by atoms with E-state index in [4.69, 9.17) is 0 Å². The van der Waals surface area contributed by atoms with Crippen LogP contribution in [-0.2, 0) is 9.53 Å². The molecule has 36 heavy (non-hydrogen) atoms. The van der Waals surface area contributed by atoms with Crippen LogP contribution in [0.25, 0.3) is 11.3 Å². The van der Waals surface area contributed by atoms with E-state index >= 15 is 0 Å². The standard InChI is InChI=1S/C25H29N5O3.C3H8/c1-17-11-12-18(14-22(17)29(2)19-8-5-4-6-9-19)20-15-26-24(28-20)21-10-7-13-30(21)23(31)16-27-25(32)33-3;1-3-2/h4-6,8-9,11-12,14-15,21H,7,10,13,16H2,1-3H3,(H,26,28)(H,27,32);3H2,1-2H3/t21-;/m0./s1. The average Bonchev–Trinajstić information content (AvgIpc) is 3.58. The molecule has 0 bridgehead atoms. The van der Waals surface area contributed by atoms with Gasteiger partial charge in [-0.3, -0.25) is 4.79 Å². The summed E-state index contributed by atoms with van der Waals surface area (Å²) in [4.78, 5) is 35.9. The molecule has 3 aromatic rings. The maximum atomic E-state index is 12.6. The van der Waals surface area contributed by atoms with E-state index in [1.807, 2.05) is 24.4 Å². The van der Waals surface area contributed by atoms with Crippen LogP contribution in [0, 0.1) is 6.92 Å². The molecule has 8 nitrogen and oxygen atoms in total. The number of carbonyl (C=O) groups excluding carboxylic acids is 2. The number of imidazole rings is 1. The third-order valence-corrected chi connectivity index (χ3v) is 6.08. The Balaban J connectivity index is 0.00000115. The second-order valence-electron chi connectivity index (χ2n) is 8.88. The lowest BCUT2D eigenvalue weighted by molar-refractivity contribution is -0.131. The number of aromatic amines is 1. The molecule has 1 aromatic heterocycles. The summed E-state index contributed by atoms with van der Waals surface area (Å²) in [6.07, 6.45) is 4.17. The van der Waals surface area contributed by atoms with Gasteiger partial charge in [0.05, 0.1) is 25.0 Å². The summed E-state index contributed by atoms with van der Waals surface area (Å²) in [6.45, 7) is 6.89. The lowest BCUT2D eigenvalue weighted by Crippen LogP contribution is -2.40. The fourth-order valence-corrected chi connectivity index (χ4v) is 4.25. The van der Waals surface area contributed by atoms with Crippen molar-refractivity contribution in [2.75, 3.05) is 32.1 Å². The lowest BCUT2D eigenvalue weighted by Gasteiger charge is -2.23. The SMILES string of the molecule is CCC.COC(=O)NCC(=O)N1CCC[C@H]1c1ncc(-c2ccc(C)c(N(C)c3ccccc3)c2)[nH]1. The first kappa shape index (κ1) is 26.8. The fraction of sp³-hybridized carbons (Fsp3) is 0.393. The van der Waals surface area contributed by atoms with Crippen molar-refractivity contribution in [2.45, 2.75) is 46.1 Å². The van der Waals surface area contributed by atoms with Gasteiger partial charge in [0.25, 0.3) is 0 Å². The lowest BCUT2D eigenvalue weighted by atomic mass is 10.1. The number of nitrogens with one attached hydrogen (secondary N) is 2. The smallest absolute Gasteiger partial charge is 0.407 e. The molecule has 2 N–H and O–H groups in total. The van der Waals surface area contributed by atoms with Crippen molar-refractivity contribution in [3.8, 4) is 11.3 Å². The number of rotatable bonds is 6. The highest BCUT2D eigenvalue weighted by molar-refractivity contribution is 5.82. The van der Waals surface area contributed by atoms with Crippen LogP contribution in [0.5, 0.6) is 0 Å². The van der Waals surface area contributed by atoms with Crippen LogP contribution in [0.2, 0.25) is 0 Å². The maximum absolute atomic E-state index is 12.6. The number of nitrogens with zero attached hydrogens (tertiary/aromatic N) is 3. The zero-order valence-electron chi connectivity index (χ0n) is 21.9. The highest BCUT2D eigenvalue weighted by Gasteiger charge is 2.32. The average molecular weight is 492 g/mol. The highest BCUT2D eigenvalue weighted by Crippen LogP contribution is 2.34. The summed E-state index contributed by atoms with van der Waals surface area (Å²) in [5.74, 6) is 0.607. The van der Waals surface area contributed by atoms with Crippen molar-refractivity contribution in [1.29, 1.82) is 0 Å². The van der Waals surface area contributed by atoms with Crippen LogP contribution in [-0.4, -0.2) is 54.1 Å². The van der Waals surface area contributed by atoms with Crippen molar-refractivity contribution in [2.24, 2.45) is 0 Å². The minimum atomic E-state index is -0.616. The molecule has 192 valence electrons. The Hall–Kier alpha value is -3.81. The van der Waals surface area contributed by atoms with Crippen LogP contribution in [0.15, 0.2) is 54.7 Å². The van der Waals surface area contributed by atoms with Gasteiger partial charge in [-0.25, -0.2) is 9.78 Å². The normalized spacial score (nSPS) is 14.6. The van der Waals surface area contributed by atoms with Gasteiger partial charge in [-0.1, -0.05) is 50.6 Å². The Labute approximate surface area is 213 Å². The third-order valence-electron chi connectivity index (χ3n) is 6.08. The number of anilines is 2. The van der Waals surface area contributed by atoms with E-state index in [1.54, 1.807) is 4.90 Å². The highest BCUT2D eigenvalue weighted by atomic mass is 16.5. The number of H-pyrrole nitrogens is 1. The zero-order chi connectivity index (χ0) is 26.1. The van der Waals surface area contributed by atoms with Crippen LogP contribution < -0.4 is 10.2 Å². The predicted molar refractivity (Wildman–Crippen MR) is 143 cm³/mol.